The lowest BCUT2D eigenvalue weighted by atomic mass is 10.1. The van der Waals surface area contributed by atoms with Crippen LogP contribution in [0.3, 0.4) is 0 Å². The normalized spacial score (nSPS) is 9.89. The Labute approximate surface area is 170 Å². The topological polar surface area (TPSA) is 76.4 Å². The molecule has 28 heavy (non-hydrogen) atoms. The summed E-state index contributed by atoms with van der Waals surface area (Å²) in [5.74, 6) is 5.35. The fraction of sp³-hybridized carbons (Fsp3) is 0.227. The van der Waals surface area contributed by atoms with Crippen LogP contribution in [0, 0.1) is 20.8 Å². The Morgan fingerprint density at radius 1 is 1.11 bits per heavy atom. The molecule has 0 atom stereocenters. The number of thiophene rings is 1. The highest BCUT2D eigenvalue weighted by molar-refractivity contribution is 7.13. The van der Waals surface area contributed by atoms with Crippen LogP contribution in [-0.4, -0.2) is 13.5 Å². The van der Waals surface area contributed by atoms with E-state index in [0.29, 0.717) is 13.0 Å². The second-order valence-electron chi connectivity index (χ2n) is 6.39. The Balaban J connectivity index is 0.000000640. The van der Waals surface area contributed by atoms with Crippen molar-refractivity contribution in [2.24, 2.45) is 5.84 Å². The fourth-order valence-corrected chi connectivity index (χ4v) is 3.72. The number of rotatable bonds is 6. The number of aryl methyl sites for hydroxylation is 3. The molecule has 0 saturated carbocycles. The summed E-state index contributed by atoms with van der Waals surface area (Å²) in [7, 11) is 1.95. The van der Waals surface area contributed by atoms with E-state index in [-0.39, 0.29) is 0 Å². The third-order valence-electron chi connectivity index (χ3n) is 4.31. The number of benzene rings is 2. The highest BCUT2D eigenvalue weighted by Gasteiger charge is 2.08. The highest BCUT2D eigenvalue weighted by atomic mass is 32.1. The van der Waals surface area contributed by atoms with Crippen LogP contribution in [-0.2, 0) is 11.4 Å². The highest BCUT2D eigenvalue weighted by Crippen LogP contribution is 2.31. The van der Waals surface area contributed by atoms with E-state index >= 15 is 0 Å². The lowest BCUT2D eigenvalue weighted by Gasteiger charge is -2.15. The molecule has 5 nitrogen and oxygen atoms in total. The lowest BCUT2D eigenvalue weighted by molar-refractivity contribution is -0.109. The molecule has 0 aliphatic rings. The van der Waals surface area contributed by atoms with Crippen molar-refractivity contribution in [3.05, 3.63) is 70.1 Å². The van der Waals surface area contributed by atoms with Crippen molar-refractivity contribution in [2.45, 2.75) is 27.4 Å². The maximum atomic E-state index is 8.94. The van der Waals surface area contributed by atoms with Gasteiger partial charge in [0.15, 0.2) is 0 Å². The van der Waals surface area contributed by atoms with Gasteiger partial charge in [-0.05, 0) is 78.7 Å². The van der Waals surface area contributed by atoms with E-state index < -0.39 is 0 Å². The monoisotopic (exact) mass is 397 g/mol. The Morgan fingerprint density at radius 2 is 1.86 bits per heavy atom. The minimum absolute atomic E-state index is 0.403. The molecule has 3 aromatic rings. The summed E-state index contributed by atoms with van der Waals surface area (Å²) in [6.45, 7) is 6.93. The van der Waals surface area contributed by atoms with Gasteiger partial charge in [0.25, 0.3) is 0 Å². The van der Waals surface area contributed by atoms with E-state index in [9.17, 15) is 0 Å². The number of hydrogen-bond donors (Lipinski definition) is 3. The van der Waals surface area contributed by atoms with E-state index in [1.807, 2.05) is 7.05 Å². The van der Waals surface area contributed by atoms with Gasteiger partial charge in [0, 0.05) is 23.2 Å². The van der Waals surface area contributed by atoms with E-state index in [0.717, 1.165) is 17.0 Å². The quantitative estimate of drug-likeness (QED) is 0.246. The molecule has 0 spiro atoms. The summed E-state index contributed by atoms with van der Waals surface area (Å²) >= 11 is 1.79. The second kappa shape index (κ2) is 10.5. The van der Waals surface area contributed by atoms with Crippen LogP contribution >= 0.6 is 11.3 Å². The van der Waals surface area contributed by atoms with Crippen LogP contribution in [0.4, 0.5) is 5.69 Å². The number of anilines is 1. The molecule has 6 heteroatoms. The van der Waals surface area contributed by atoms with Crippen molar-refractivity contribution < 1.29 is 9.53 Å². The molecule has 0 saturated heterocycles. The SMILES string of the molecule is CNc1cccc(C)c1COc1ccc(-c2cc(C)cs2)cc1C.NNC=O. The molecule has 2 aromatic carbocycles. The summed E-state index contributed by atoms with van der Waals surface area (Å²) in [6.07, 6.45) is 0.403. The van der Waals surface area contributed by atoms with Gasteiger partial charge in [0.05, 0.1) is 0 Å². The molecule has 4 N–H and O–H groups in total. The van der Waals surface area contributed by atoms with Crippen molar-refractivity contribution in [3.63, 3.8) is 0 Å². The van der Waals surface area contributed by atoms with E-state index in [2.05, 4.69) is 79.8 Å². The number of nitrogens with two attached hydrogens (primary N) is 1. The van der Waals surface area contributed by atoms with Crippen molar-refractivity contribution in [1.29, 1.82) is 0 Å². The minimum atomic E-state index is 0.403. The number of ether oxygens (including phenoxy) is 1. The molecule has 1 aromatic heterocycles. The zero-order chi connectivity index (χ0) is 20.5. The molecule has 0 aliphatic carbocycles. The van der Waals surface area contributed by atoms with Crippen LogP contribution in [0.5, 0.6) is 5.75 Å². The van der Waals surface area contributed by atoms with E-state index in [1.54, 1.807) is 16.8 Å². The molecule has 0 unspecified atom stereocenters. The standard InChI is InChI=1S/C21H23NOS.CH4N2O/c1-14-10-21(24-13-14)17-8-9-20(16(3)11-17)23-12-18-15(2)6-5-7-19(18)22-4;2-3-1-4/h5-11,13,22H,12H2,1-4H3;1H,2H2,(H,3,4). The number of carbonyl (C=O) groups excluding carboxylic acids is 1. The van der Waals surface area contributed by atoms with E-state index in [1.165, 1.54) is 27.1 Å². The smallest absolute Gasteiger partial charge is 0.221 e. The molecule has 0 radical (unpaired) electrons. The van der Waals surface area contributed by atoms with Crippen LogP contribution in [0.2, 0.25) is 0 Å². The summed E-state index contributed by atoms with van der Waals surface area (Å²) in [6, 6.07) is 14.9. The number of hydrogen-bond acceptors (Lipinski definition) is 5. The van der Waals surface area contributed by atoms with Gasteiger partial charge in [-0.3, -0.25) is 10.2 Å². The van der Waals surface area contributed by atoms with Crippen LogP contribution in [0.1, 0.15) is 22.3 Å². The van der Waals surface area contributed by atoms with Crippen LogP contribution in [0.25, 0.3) is 10.4 Å². The zero-order valence-corrected chi connectivity index (χ0v) is 17.5. The molecular formula is C22H27N3O2S. The van der Waals surface area contributed by atoms with Gasteiger partial charge in [-0.2, -0.15) is 0 Å². The molecule has 3 rings (SSSR count). The van der Waals surface area contributed by atoms with Crippen molar-refractivity contribution >= 4 is 23.4 Å². The molecular weight excluding hydrogens is 370 g/mol. The van der Waals surface area contributed by atoms with Crippen molar-refractivity contribution in [2.75, 3.05) is 12.4 Å². The predicted octanol–water partition coefficient (Wildman–Crippen LogP) is 4.57. The zero-order valence-electron chi connectivity index (χ0n) is 16.7. The third-order valence-corrected chi connectivity index (χ3v) is 5.41. The number of hydrazine groups is 1. The maximum Gasteiger partial charge on any atom is 0.221 e. The first kappa shape index (κ1) is 21.5. The number of nitrogens with one attached hydrogen (secondary N) is 2. The molecule has 0 bridgehead atoms. The molecule has 1 heterocycles. The van der Waals surface area contributed by atoms with Gasteiger partial charge >= 0.3 is 0 Å². The summed E-state index contributed by atoms with van der Waals surface area (Å²) in [4.78, 5) is 10.2. The first-order valence-corrected chi connectivity index (χ1v) is 9.83. The largest absolute Gasteiger partial charge is 0.489 e. The van der Waals surface area contributed by atoms with Gasteiger partial charge in [0.1, 0.15) is 12.4 Å². The van der Waals surface area contributed by atoms with Gasteiger partial charge in [-0.15, -0.1) is 11.3 Å². The molecule has 1 amide bonds. The average Bonchev–Trinajstić information content (AvgIpc) is 3.14. The van der Waals surface area contributed by atoms with Gasteiger partial charge in [-0.1, -0.05) is 12.1 Å². The van der Waals surface area contributed by atoms with Crippen LogP contribution < -0.4 is 21.3 Å². The third kappa shape index (κ3) is 5.58. The lowest BCUT2D eigenvalue weighted by Crippen LogP contribution is -2.18. The minimum Gasteiger partial charge on any atom is -0.489 e. The van der Waals surface area contributed by atoms with E-state index in [4.69, 9.17) is 9.53 Å². The summed E-state index contributed by atoms with van der Waals surface area (Å²) < 4.78 is 6.11. The van der Waals surface area contributed by atoms with Gasteiger partial charge in [-0.25, -0.2) is 5.84 Å². The maximum absolute atomic E-state index is 8.94. The fourth-order valence-electron chi connectivity index (χ4n) is 2.83. The average molecular weight is 398 g/mol. The Hall–Kier alpha value is -2.83. The number of carbonyl (C=O) groups is 1. The molecule has 0 fully saturated rings. The summed E-state index contributed by atoms with van der Waals surface area (Å²) in [5.41, 5.74) is 9.05. The Bertz CT molecular complexity index is 922. The summed E-state index contributed by atoms with van der Waals surface area (Å²) in [5, 5.41) is 5.43. The van der Waals surface area contributed by atoms with Crippen molar-refractivity contribution in [3.8, 4) is 16.2 Å². The van der Waals surface area contributed by atoms with Crippen LogP contribution in [0.15, 0.2) is 47.8 Å². The predicted molar refractivity (Wildman–Crippen MR) is 118 cm³/mol. The Kier molecular flexibility index (Phi) is 8.04. The molecule has 148 valence electrons. The first-order valence-electron chi connectivity index (χ1n) is 8.95. The first-order chi connectivity index (χ1) is 13.5. The number of amides is 1. The van der Waals surface area contributed by atoms with Gasteiger partial charge < -0.3 is 10.1 Å². The molecule has 0 aliphatic heterocycles. The van der Waals surface area contributed by atoms with Gasteiger partial charge in [0.2, 0.25) is 6.41 Å². The van der Waals surface area contributed by atoms with Crippen molar-refractivity contribution in [1.82, 2.24) is 5.43 Å². The Morgan fingerprint density at radius 3 is 2.43 bits per heavy atom. The second-order valence-corrected chi connectivity index (χ2v) is 7.30.